The molecule has 0 fully saturated rings. The minimum Gasteiger partial charge on any atom is -0.311 e. The highest BCUT2D eigenvalue weighted by Gasteiger charge is 2.29. The number of benzene rings is 1. The Morgan fingerprint density at radius 1 is 1.47 bits per heavy atom. The predicted molar refractivity (Wildman–Crippen MR) is 67.2 cm³/mol. The molecular weight excluding hydrogens is 308 g/mol. The summed E-state index contributed by atoms with van der Waals surface area (Å²) in [4.78, 5) is 12.9. The Balaban J connectivity index is 2.73. The van der Waals surface area contributed by atoms with Crippen molar-refractivity contribution in [1.82, 2.24) is 0 Å². The van der Waals surface area contributed by atoms with Gasteiger partial charge >= 0.3 is 0 Å². The molecule has 2 rings (SSSR count). The monoisotopic (exact) mass is 318 g/mol. The number of sulfonamides is 1. The largest absolute Gasteiger partial charge is 0.311 e. The Kier molecular flexibility index (Phi) is 3.01. The minimum absolute atomic E-state index is 0.00502. The first-order valence-corrected chi connectivity index (χ1v) is 7.28. The van der Waals surface area contributed by atoms with Crippen LogP contribution in [-0.2, 0) is 21.2 Å². The van der Waals surface area contributed by atoms with Crippen molar-refractivity contribution in [2.24, 2.45) is 5.14 Å². The van der Waals surface area contributed by atoms with Crippen LogP contribution in [0.2, 0.25) is 0 Å². The third-order valence-electron chi connectivity index (χ3n) is 2.68. The number of fused-ring (bicyclic) bond motifs is 1. The van der Waals surface area contributed by atoms with Gasteiger partial charge in [-0.1, -0.05) is 15.9 Å². The van der Waals surface area contributed by atoms with E-state index in [2.05, 4.69) is 15.9 Å². The molecular formula is C10H11BrN2O3S. The first-order chi connectivity index (χ1) is 7.80. The number of anilines is 1. The molecule has 1 aromatic carbocycles. The van der Waals surface area contributed by atoms with Gasteiger partial charge in [-0.15, -0.1) is 0 Å². The van der Waals surface area contributed by atoms with E-state index in [9.17, 15) is 13.2 Å². The van der Waals surface area contributed by atoms with Crippen LogP contribution in [0.5, 0.6) is 0 Å². The zero-order valence-electron chi connectivity index (χ0n) is 9.10. The van der Waals surface area contributed by atoms with Crippen molar-refractivity contribution in [3.05, 3.63) is 22.2 Å². The van der Waals surface area contributed by atoms with Crippen molar-refractivity contribution >= 4 is 37.5 Å². The normalized spacial score (nSPS) is 14.9. The molecule has 0 aromatic heterocycles. The summed E-state index contributed by atoms with van der Waals surface area (Å²) in [5.41, 5.74) is 1.24. The number of amides is 1. The molecule has 7 heteroatoms. The molecule has 0 bridgehead atoms. The van der Waals surface area contributed by atoms with Crippen LogP contribution in [0.25, 0.3) is 0 Å². The fourth-order valence-corrected chi connectivity index (χ4v) is 3.46. The van der Waals surface area contributed by atoms with Gasteiger partial charge in [-0.3, -0.25) is 4.79 Å². The second-order valence-electron chi connectivity index (χ2n) is 3.88. The quantitative estimate of drug-likeness (QED) is 0.839. The summed E-state index contributed by atoms with van der Waals surface area (Å²) < 4.78 is 23.7. The van der Waals surface area contributed by atoms with Gasteiger partial charge in [0, 0.05) is 17.9 Å². The van der Waals surface area contributed by atoms with Gasteiger partial charge in [-0.25, -0.2) is 13.6 Å². The number of carbonyl (C=O) groups is 1. The van der Waals surface area contributed by atoms with Crippen LogP contribution in [0.1, 0.15) is 12.5 Å². The first kappa shape index (κ1) is 12.5. The third-order valence-corrected chi connectivity index (χ3v) is 4.06. The number of primary sulfonamides is 1. The van der Waals surface area contributed by atoms with E-state index in [-0.39, 0.29) is 10.8 Å². The Bertz CT molecular complexity index is 598. The average Bonchev–Trinajstić information content (AvgIpc) is 2.57. The summed E-state index contributed by atoms with van der Waals surface area (Å²) in [5, 5.41) is 5.17. The molecule has 0 spiro atoms. The number of carbonyl (C=O) groups excluding carboxylic acids is 1. The molecule has 0 aliphatic carbocycles. The van der Waals surface area contributed by atoms with Crippen LogP contribution < -0.4 is 10.0 Å². The van der Waals surface area contributed by atoms with Crippen molar-refractivity contribution in [3.8, 4) is 0 Å². The summed E-state index contributed by atoms with van der Waals surface area (Å²) in [5.74, 6) is -0.184. The number of hydrogen-bond acceptors (Lipinski definition) is 3. The zero-order chi connectivity index (χ0) is 12.8. The van der Waals surface area contributed by atoms with Gasteiger partial charge < -0.3 is 4.90 Å². The van der Waals surface area contributed by atoms with Crippen LogP contribution in [0.15, 0.2) is 21.5 Å². The van der Waals surface area contributed by atoms with Crippen LogP contribution in [0.4, 0.5) is 5.69 Å². The van der Waals surface area contributed by atoms with E-state index < -0.39 is 10.0 Å². The molecule has 0 atom stereocenters. The van der Waals surface area contributed by atoms with Crippen molar-refractivity contribution in [3.63, 3.8) is 0 Å². The molecule has 1 aliphatic rings. The molecule has 1 amide bonds. The SMILES string of the molecule is CC(=O)N1CCc2cc(Br)cc(S(N)(=O)=O)c21. The van der Waals surface area contributed by atoms with Gasteiger partial charge in [-0.2, -0.15) is 0 Å². The summed E-state index contributed by atoms with van der Waals surface area (Å²) >= 11 is 3.24. The maximum absolute atomic E-state index is 11.5. The lowest BCUT2D eigenvalue weighted by Gasteiger charge is -2.17. The minimum atomic E-state index is -3.84. The van der Waals surface area contributed by atoms with E-state index in [0.29, 0.717) is 23.1 Å². The lowest BCUT2D eigenvalue weighted by Crippen LogP contribution is -2.28. The molecule has 0 radical (unpaired) electrons. The standard InChI is InChI=1S/C10H11BrN2O3S/c1-6(14)13-3-2-7-4-8(11)5-9(10(7)13)17(12,15)16/h4-5H,2-3H2,1H3,(H2,12,15,16). The van der Waals surface area contributed by atoms with Crippen molar-refractivity contribution in [1.29, 1.82) is 0 Å². The Hall–Kier alpha value is -0.920. The number of nitrogens with zero attached hydrogens (tertiary/aromatic N) is 1. The number of rotatable bonds is 1. The fraction of sp³-hybridized carbons (Fsp3) is 0.300. The highest BCUT2D eigenvalue weighted by molar-refractivity contribution is 9.10. The highest BCUT2D eigenvalue weighted by Crippen LogP contribution is 2.36. The molecule has 0 saturated heterocycles. The van der Waals surface area contributed by atoms with E-state index in [1.54, 1.807) is 0 Å². The fourth-order valence-electron chi connectivity index (χ4n) is 2.00. The van der Waals surface area contributed by atoms with Gasteiger partial charge in [0.05, 0.1) is 5.69 Å². The first-order valence-electron chi connectivity index (χ1n) is 4.94. The molecule has 0 unspecified atom stereocenters. The molecule has 17 heavy (non-hydrogen) atoms. The Morgan fingerprint density at radius 3 is 2.65 bits per heavy atom. The van der Waals surface area contributed by atoms with Crippen LogP contribution in [0.3, 0.4) is 0 Å². The number of halogens is 1. The average molecular weight is 319 g/mol. The maximum Gasteiger partial charge on any atom is 0.240 e. The molecule has 92 valence electrons. The van der Waals surface area contributed by atoms with Crippen molar-refractivity contribution in [2.75, 3.05) is 11.4 Å². The van der Waals surface area contributed by atoms with Crippen LogP contribution >= 0.6 is 15.9 Å². The van der Waals surface area contributed by atoms with Crippen LogP contribution in [-0.4, -0.2) is 20.9 Å². The van der Waals surface area contributed by atoms with Gasteiger partial charge in [0.1, 0.15) is 4.90 Å². The van der Waals surface area contributed by atoms with E-state index in [4.69, 9.17) is 5.14 Å². The van der Waals surface area contributed by atoms with Gasteiger partial charge in [0.15, 0.2) is 0 Å². The maximum atomic E-state index is 11.5. The predicted octanol–water partition coefficient (Wildman–Crippen LogP) is 1.01. The van der Waals surface area contributed by atoms with Gasteiger partial charge in [-0.05, 0) is 24.1 Å². The molecule has 1 heterocycles. The molecule has 2 N–H and O–H groups in total. The van der Waals surface area contributed by atoms with E-state index in [1.165, 1.54) is 17.9 Å². The number of hydrogen-bond donors (Lipinski definition) is 1. The summed E-state index contributed by atoms with van der Waals surface area (Å²) in [6.07, 6.45) is 0.636. The zero-order valence-corrected chi connectivity index (χ0v) is 11.5. The smallest absolute Gasteiger partial charge is 0.240 e. The number of nitrogens with two attached hydrogens (primary N) is 1. The second-order valence-corrected chi connectivity index (χ2v) is 6.32. The molecule has 1 aliphatic heterocycles. The lowest BCUT2D eigenvalue weighted by atomic mass is 10.2. The van der Waals surface area contributed by atoms with Crippen molar-refractivity contribution in [2.45, 2.75) is 18.2 Å². The van der Waals surface area contributed by atoms with E-state index in [1.807, 2.05) is 6.07 Å². The van der Waals surface area contributed by atoms with Gasteiger partial charge in [0.25, 0.3) is 0 Å². The topological polar surface area (TPSA) is 80.5 Å². The van der Waals surface area contributed by atoms with Gasteiger partial charge in [0.2, 0.25) is 15.9 Å². The Labute approximate surface area is 108 Å². The molecule has 1 aromatic rings. The highest BCUT2D eigenvalue weighted by atomic mass is 79.9. The van der Waals surface area contributed by atoms with E-state index in [0.717, 1.165) is 5.56 Å². The lowest BCUT2D eigenvalue weighted by molar-refractivity contribution is -0.116. The summed E-state index contributed by atoms with van der Waals surface area (Å²) in [6, 6.07) is 3.24. The third kappa shape index (κ3) is 2.22. The van der Waals surface area contributed by atoms with Crippen molar-refractivity contribution < 1.29 is 13.2 Å². The summed E-state index contributed by atoms with van der Waals surface area (Å²) in [7, 11) is -3.84. The van der Waals surface area contributed by atoms with Crippen LogP contribution in [0, 0.1) is 0 Å². The summed E-state index contributed by atoms with van der Waals surface area (Å²) in [6.45, 7) is 1.90. The van der Waals surface area contributed by atoms with E-state index >= 15 is 0 Å². The molecule has 5 nitrogen and oxygen atoms in total. The Morgan fingerprint density at radius 2 is 2.12 bits per heavy atom. The second kappa shape index (κ2) is 4.08. The molecule has 0 saturated carbocycles.